The second-order valence-electron chi connectivity index (χ2n) is 5.31. The van der Waals surface area contributed by atoms with Crippen LogP contribution in [0.15, 0.2) is 36.4 Å². The molecular weight excluding hydrogens is 282 g/mol. The molecule has 0 spiro atoms. The van der Waals surface area contributed by atoms with Crippen LogP contribution in [0.4, 0.5) is 0 Å². The molecule has 2 aromatic rings. The number of hydrogen-bond donors (Lipinski definition) is 1. The van der Waals surface area contributed by atoms with Crippen LogP contribution in [-0.2, 0) is 0 Å². The first-order valence-electron chi connectivity index (χ1n) is 7.20. The predicted molar refractivity (Wildman–Crippen MR) is 89.4 cm³/mol. The van der Waals surface area contributed by atoms with E-state index in [1.807, 2.05) is 12.1 Å². The number of ether oxygens (including phenoxy) is 1. The first-order valence-corrected chi connectivity index (χ1v) is 7.58. The van der Waals surface area contributed by atoms with E-state index in [-0.39, 0.29) is 6.04 Å². The molecule has 1 unspecified atom stereocenters. The highest BCUT2D eigenvalue weighted by atomic mass is 35.5. The topological polar surface area (TPSA) is 21.3 Å². The second kappa shape index (κ2) is 6.97. The third-order valence-electron chi connectivity index (χ3n) is 3.49. The van der Waals surface area contributed by atoms with Gasteiger partial charge in [-0.1, -0.05) is 53.9 Å². The van der Waals surface area contributed by atoms with Crippen molar-refractivity contribution in [2.75, 3.05) is 13.7 Å². The lowest BCUT2D eigenvalue weighted by molar-refractivity contribution is 0.414. The Morgan fingerprint density at radius 3 is 2.24 bits per heavy atom. The van der Waals surface area contributed by atoms with Gasteiger partial charge in [0.2, 0.25) is 0 Å². The first kappa shape index (κ1) is 15.9. The average molecular weight is 304 g/mol. The summed E-state index contributed by atoms with van der Waals surface area (Å²) in [4.78, 5) is 0. The Morgan fingerprint density at radius 2 is 1.71 bits per heavy atom. The number of hydrogen-bond acceptors (Lipinski definition) is 2. The lowest BCUT2D eigenvalue weighted by atomic mass is 9.95. The van der Waals surface area contributed by atoms with Gasteiger partial charge in [-0.25, -0.2) is 0 Å². The van der Waals surface area contributed by atoms with Crippen LogP contribution in [0.3, 0.4) is 0 Å². The fourth-order valence-corrected chi connectivity index (χ4v) is 2.94. The summed E-state index contributed by atoms with van der Waals surface area (Å²) in [6, 6.07) is 12.7. The summed E-state index contributed by atoms with van der Waals surface area (Å²) in [7, 11) is 1.63. The average Bonchev–Trinajstić information content (AvgIpc) is 2.43. The number of nitrogens with one attached hydrogen (secondary N) is 1. The van der Waals surface area contributed by atoms with E-state index < -0.39 is 0 Å². The highest BCUT2D eigenvalue weighted by Gasteiger charge is 2.15. The van der Waals surface area contributed by atoms with Gasteiger partial charge in [-0.3, -0.25) is 0 Å². The van der Waals surface area contributed by atoms with E-state index in [1.165, 1.54) is 16.7 Å². The standard InChI is InChI=1S/C18H22ClNO/c1-5-20-18(15-9-12(2)8-13(3)10-15)14-6-7-17(21-4)16(19)11-14/h6-11,18,20H,5H2,1-4H3. The van der Waals surface area contributed by atoms with Crippen LogP contribution in [0.2, 0.25) is 5.02 Å². The van der Waals surface area contributed by atoms with E-state index in [9.17, 15) is 0 Å². The van der Waals surface area contributed by atoms with E-state index in [0.29, 0.717) is 10.8 Å². The van der Waals surface area contributed by atoms with Crippen molar-refractivity contribution in [3.8, 4) is 5.75 Å². The van der Waals surface area contributed by atoms with E-state index in [4.69, 9.17) is 16.3 Å². The summed E-state index contributed by atoms with van der Waals surface area (Å²) in [6.07, 6.45) is 0. The molecule has 3 heteroatoms. The zero-order chi connectivity index (χ0) is 15.4. The van der Waals surface area contributed by atoms with Crippen molar-refractivity contribution < 1.29 is 4.74 Å². The summed E-state index contributed by atoms with van der Waals surface area (Å²) in [6.45, 7) is 7.25. The maximum atomic E-state index is 6.27. The van der Waals surface area contributed by atoms with E-state index in [2.05, 4.69) is 50.4 Å². The molecule has 0 amide bonds. The van der Waals surface area contributed by atoms with E-state index in [0.717, 1.165) is 12.1 Å². The molecule has 2 aromatic carbocycles. The predicted octanol–water partition coefficient (Wildman–Crippen LogP) is 4.66. The third kappa shape index (κ3) is 3.78. The van der Waals surface area contributed by atoms with Gasteiger partial charge < -0.3 is 10.1 Å². The molecule has 0 bridgehead atoms. The van der Waals surface area contributed by atoms with Gasteiger partial charge in [-0.05, 0) is 43.7 Å². The van der Waals surface area contributed by atoms with Gasteiger partial charge >= 0.3 is 0 Å². The Morgan fingerprint density at radius 1 is 1.05 bits per heavy atom. The summed E-state index contributed by atoms with van der Waals surface area (Å²) in [5.41, 5.74) is 4.95. The van der Waals surface area contributed by atoms with Gasteiger partial charge in [0.15, 0.2) is 0 Å². The second-order valence-corrected chi connectivity index (χ2v) is 5.71. The smallest absolute Gasteiger partial charge is 0.137 e. The summed E-state index contributed by atoms with van der Waals surface area (Å²) >= 11 is 6.27. The molecule has 0 aromatic heterocycles. The molecule has 0 saturated heterocycles. The monoisotopic (exact) mass is 303 g/mol. The molecule has 0 aliphatic heterocycles. The molecular formula is C18H22ClNO. The van der Waals surface area contributed by atoms with Crippen LogP contribution >= 0.6 is 11.6 Å². The quantitative estimate of drug-likeness (QED) is 0.867. The fraction of sp³-hybridized carbons (Fsp3) is 0.333. The van der Waals surface area contributed by atoms with Gasteiger partial charge in [0, 0.05) is 0 Å². The molecule has 0 fully saturated rings. The van der Waals surface area contributed by atoms with Gasteiger partial charge in [-0.15, -0.1) is 0 Å². The van der Waals surface area contributed by atoms with E-state index >= 15 is 0 Å². The molecule has 2 nitrogen and oxygen atoms in total. The zero-order valence-corrected chi connectivity index (χ0v) is 13.8. The molecule has 0 radical (unpaired) electrons. The van der Waals surface area contributed by atoms with Crippen molar-refractivity contribution in [2.45, 2.75) is 26.8 Å². The van der Waals surface area contributed by atoms with Crippen molar-refractivity contribution in [2.24, 2.45) is 0 Å². The molecule has 0 saturated carbocycles. The van der Waals surface area contributed by atoms with Crippen molar-refractivity contribution in [3.05, 3.63) is 63.7 Å². The van der Waals surface area contributed by atoms with Crippen LogP contribution in [0.1, 0.15) is 35.2 Å². The van der Waals surface area contributed by atoms with Crippen molar-refractivity contribution >= 4 is 11.6 Å². The molecule has 0 aliphatic rings. The van der Waals surface area contributed by atoms with E-state index in [1.54, 1.807) is 7.11 Å². The Kier molecular flexibility index (Phi) is 5.27. The molecule has 0 heterocycles. The third-order valence-corrected chi connectivity index (χ3v) is 3.79. The minimum Gasteiger partial charge on any atom is -0.495 e. The lowest BCUT2D eigenvalue weighted by Gasteiger charge is -2.21. The molecule has 0 aliphatic carbocycles. The van der Waals surface area contributed by atoms with Crippen molar-refractivity contribution in [3.63, 3.8) is 0 Å². The Hall–Kier alpha value is -1.51. The molecule has 21 heavy (non-hydrogen) atoms. The van der Waals surface area contributed by atoms with Crippen LogP contribution < -0.4 is 10.1 Å². The fourth-order valence-electron chi connectivity index (χ4n) is 2.67. The number of benzene rings is 2. The summed E-state index contributed by atoms with van der Waals surface area (Å²) in [5, 5.41) is 4.18. The molecule has 1 atom stereocenters. The Balaban J connectivity index is 2.45. The highest BCUT2D eigenvalue weighted by Crippen LogP contribution is 2.31. The number of methoxy groups -OCH3 is 1. The number of halogens is 1. The largest absolute Gasteiger partial charge is 0.495 e. The SMILES string of the molecule is CCNC(c1cc(C)cc(C)c1)c1ccc(OC)c(Cl)c1. The zero-order valence-electron chi connectivity index (χ0n) is 13.0. The van der Waals surface area contributed by atoms with Gasteiger partial charge in [0.05, 0.1) is 18.2 Å². The number of aryl methyl sites for hydroxylation is 2. The van der Waals surface area contributed by atoms with Crippen LogP contribution in [0, 0.1) is 13.8 Å². The molecule has 1 N–H and O–H groups in total. The normalized spacial score (nSPS) is 12.2. The molecule has 112 valence electrons. The van der Waals surface area contributed by atoms with Crippen LogP contribution in [0.25, 0.3) is 0 Å². The minimum absolute atomic E-state index is 0.136. The van der Waals surface area contributed by atoms with Gasteiger partial charge in [0.25, 0.3) is 0 Å². The minimum atomic E-state index is 0.136. The molecule has 2 rings (SSSR count). The maximum Gasteiger partial charge on any atom is 0.137 e. The van der Waals surface area contributed by atoms with Gasteiger partial charge in [-0.2, -0.15) is 0 Å². The highest BCUT2D eigenvalue weighted by molar-refractivity contribution is 6.32. The maximum absolute atomic E-state index is 6.27. The van der Waals surface area contributed by atoms with Crippen molar-refractivity contribution in [1.29, 1.82) is 0 Å². The number of rotatable bonds is 5. The summed E-state index contributed by atoms with van der Waals surface area (Å²) < 4.78 is 5.23. The first-order chi connectivity index (χ1) is 10.0. The van der Waals surface area contributed by atoms with Crippen LogP contribution in [0.5, 0.6) is 5.75 Å². The van der Waals surface area contributed by atoms with Crippen LogP contribution in [-0.4, -0.2) is 13.7 Å². The summed E-state index contributed by atoms with van der Waals surface area (Å²) in [5.74, 6) is 0.705. The Bertz CT molecular complexity index is 604. The Labute approximate surface area is 132 Å². The van der Waals surface area contributed by atoms with Crippen molar-refractivity contribution in [1.82, 2.24) is 5.32 Å². The lowest BCUT2D eigenvalue weighted by Crippen LogP contribution is -2.22. The van der Waals surface area contributed by atoms with Gasteiger partial charge in [0.1, 0.15) is 5.75 Å².